The summed E-state index contributed by atoms with van der Waals surface area (Å²) in [7, 11) is -2.97. The fourth-order valence-electron chi connectivity index (χ4n) is 2.35. The number of halogens is 1. The van der Waals surface area contributed by atoms with Crippen molar-refractivity contribution in [1.29, 1.82) is 0 Å². The molecule has 15 heavy (non-hydrogen) atoms. The topological polar surface area (TPSA) is 37.4 Å². The number of alkyl halides is 1. The van der Waals surface area contributed by atoms with Gasteiger partial charge in [-0.15, -0.1) is 0 Å². The van der Waals surface area contributed by atoms with Crippen LogP contribution >= 0.6 is 15.9 Å². The van der Waals surface area contributed by atoms with Crippen molar-refractivity contribution in [2.75, 3.05) is 11.9 Å². The van der Waals surface area contributed by atoms with E-state index in [1.165, 1.54) is 12.8 Å². The van der Waals surface area contributed by atoms with Crippen molar-refractivity contribution in [2.45, 2.75) is 49.8 Å². The molecule has 0 saturated heterocycles. The average molecular weight is 296 g/mol. The van der Waals surface area contributed by atoms with Gasteiger partial charge in [-0.25, -0.2) is 8.42 Å². The molecule has 0 N–H and O–H groups in total. The summed E-state index contributed by atoms with van der Waals surface area (Å²) in [5, 5.41) is 0.687. The summed E-state index contributed by atoms with van der Waals surface area (Å²) in [6.45, 7) is 0.642. The molecule has 0 unspecified atom stereocenters. The average Bonchev–Trinajstić information content (AvgIpc) is 2.93. The molecule has 0 aromatic carbocycles. The molecule has 2 fully saturated rings. The molecule has 0 aliphatic heterocycles. The summed E-state index contributed by atoms with van der Waals surface area (Å²) in [4.78, 5) is 0. The van der Waals surface area contributed by atoms with Crippen molar-refractivity contribution in [3.8, 4) is 0 Å². The standard InChI is InChI=1S/C10H18BrNO2S/c11-7-8-12(9-3-1-2-4-9)15(13,14)10-5-6-10/h9-10H,1-8H2. The zero-order valence-corrected chi connectivity index (χ0v) is 11.3. The molecule has 0 radical (unpaired) electrons. The minimum Gasteiger partial charge on any atom is -0.212 e. The summed E-state index contributed by atoms with van der Waals surface area (Å²) in [6, 6.07) is 0.285. The third-order valence-electron chi connectivity index (χ3n) is 3.31. The molecule has 0 heterocycles. The van der Waals surface area contributed by atoms with Gasteiger partial charge >= 0.3 is 0 Å². The predicted molar refractivity (Wildman–Crippen MR) is 64.7 cm³/mol. The molecule has 0 aromatic rings. The van der Waals surface area contributed by atoms with Crippen LogP contribution in [0.25, 0.3) is 0 Å². The van der Waals surface area contributed by atoms with Gasteiger partial charge in [0.05, 0.1) is 5.25 Å². The zero-order chi connectivity index (χ0) is 10.9. The molecule has 0 atom stereocenters. The Bertz CT molecular complexity index is 307. The van der Waals surface area contributed by atoms with Crippen LogP contribution in [0.1, 0.15) is 38.5 Å². The van der Waals surface area contributed by atoms with Gasteiger partial charge in [0.25, 0.3) is 0 Å². The monoisotopic (exact) mass is 295 g/mol. The van der Waals surface area contributed by atoms with E-state index in [1.54, 1.807) is 4.31 Å². The predicted octanol–water partition coefficient (Wildman–Crippen LogP) is 2.12. The molecular formula is C10H18BrNO2S. The maximum atomic E-state index is 12.2. The minimum absolute atomic E-state index is 0.0582. The maximum absolute atomic E-state index is 12.2. The fraction of sp³-hybridized carbons (Fsp3) is 1.00. The number of hydrogen-bond donors (Lipinski definition) is 0. The highest BCUT2D eigenvalue weighted by molar-refractivity contribution is 9.09. The molecule has 2 saturated carbocycles. The highest BCUT2D eigenvalue weighted by Gasteiger charge is 2.42. The van der Waals surface area contributed by atoms with Crippen molar-refractivity contribution < 1.29 is 8.42 Å². The first-order chi connectivity index (χ1) is 7.16. The summed E-state index contributed by atoms with van der Waals surface area (Å²) < 4.78 is 26.1. The van der Waals surface area contributed by atoms with Gasteiger partial charge in [0.15, 0.2) is 0 Å². The van der Waals surface area contributed by atoms with E-state index in [4.69, 9.17) is 0 Å². The number of sulfonamides is 1. The molecule has 0 spiro atoms. The third kappa shape index (κ3) is 2.56. The van der Waals surface area contributed by atoms with Gasteiger partial charge in [-0.1, -0.05) is 28.8 Å². The molecule has 88 valence electrons. The van der Waals surface area contributed by atoms with Crippen LogP contribution in [0.4, 0.5) is 0 Å². The first kappa shape index (κ1) is 11.9. The van der Waals surface area contributed by atoms with E-state index in [1.807, 2.05) is 0 Å². The molecule has 2 rings (SSSR count). The lowest BCUT2D eigenvalue weighted by molar-refractivity contribution is 0.337. The quantitative estimate of drug-likeness (QED) is 0.729. The summed E-state index contributed by atoms with van der Waals surface area (Å²) in [5.41, 5.74) is 0. The van der Waals surface area contributed by atoms with E-state index in [0.717, 1.165) is 31.0 Å². The van der Waals surface area contributed by atoms with Gasteiger partial charge in [-0.2, -0.15) is 4.31 Å². The van der Waals surface area contributed by atoms with Crippen molar-refractivity contribution >= 4 is 26.0 Å². The Balaban J connectivity index is 2.10. The van der Waals surface area contributed by atoms with Gasteiger partial charge in [-0.05, 0) is 25.7 Å². The second-order valence-corrected chi connectivity index (χ2v) is 7.44. The van der Waals surface area contributed by atoms with Crippen LogP contribution in [0, 0.1) is 0 Å². The van der Waals surface area contributed by atoms with Crippen LogP contribution in [0.3, 0.4) is 0 Å². The van der Waals surface area contributed by atoms with E-state index in [9.17, 15) is 8.42 Å². The van der Waals surface area contributed by atoms with Crippen LogP contribution < -0.4 is 0 Å². The SMILES string of the molecule is O=S(=O)(C1CC1)N(CCBr)C1CCCC1. The Labute approximate surface area is 100 Å². The molecule has 0 aromatic heterocycles. The summed E-state index contributed by atoms with van der Waals surface area (Å²) in [5.74, 6) is 0. The van der Waals surface area contributed by atoms with E-state index in [-0.39, 0.29) is 11.3 Å². The highest BCUT2D eigenvalue weighted by Crippen LogP contribution is 2.35. The first-order valence-corrected chi connectivity index (χ1v) is 8.35. The van der Waals surface area contributed by atoms with Crippen LogP contribution in [0.2, 0.25) is 0 Å². The molecule has 3 nitrogen and oxygen atoms in total. The van der Waals surface area contributed by atoms with Crippen molar-refractivity contribution in [2.24, 2.45) is 0 Å². The first-order valence-electron chi connectivity index (χ1n) is 5.73. The second-order valence-electron chi connectivity index (χ2n) is 4.48. The van der Waals surface area contributed by atoms with Crippen LogP contribution in [-0.2, 0) is 10.0 Å². The van der Waals surface area contributed by atoms with Crippen LogP contribution in [0.5, 0.6) is 0 Å². The van der Waals surface area contributed by atoms with Gasteiger partial charge in [0, 0.05) is 17.9 Å². The lowest BCUT2D eigenvalue weighted by atomic mass is 10.2. The molecule has 0 amide bonds. The lowest BCUT2D eigenvalue weighted by Gasteiger charge is -2.27. The van der Waals surface area contributed by atoms with E-state index >= 15 is 0 Å². The molecule has 5 heteroatoms. The van der Waals surface area contributed by atoms with Gasteiger partial charge < -0.3 is 0 Å². The molecule has 2 aliphatic carbocycles. The minimum atomic E-state index is -2.97. The maximum Gasteiger partial charge on any atom is 0.217 e. The van der Waals surface area contributed by atoms with Gasteiger partial charge in [0.1, 0.15) is 0 Å². The van der Waals surface area contributed by atoms with Crippen molar-refractivity contribution in [3.05, 3.63) is 0 Å². The Morgan fingerprint density at radius 2 is 1.73 bits per heavy atom. The Kier molecular flexibility index (Phi) is 3.73. The Hall–Kier alpha value is 0.390. The third-order valence-corrected chi connectivity index (χ3v) is 6.11. The summed E-state index contributed by atoms with van der Waals surface area (Å²) >= 11 is 3.35. The second kappa shape index (κ2) is 4.72. The van der Waals surface area contributed by atoms with Crippen molar-refractivity contribution in [1.82, 2.24) is 4.31 Å². The van der Waals surface area contributed by atoms with Gasteiger partial charge in [0.2, 0.25) is 10.0 Å². The molecule has 2 aliphatic rings. The van der Waals surface area contributed by atoms with E-state index in [2.05, 4.69) is 15.9 Å². The fourth-order valence-corrected chi connectivity index (χ4v) is 5.05. The summed E-state index contributed by atoms with van der Waals surface area (Å²) in [6.07, 6.45) is 6.22. The van der Waals surface area contributed by atoms with E-state index < -0.39 is 10.0 Å². The largest absolute Gasteiger partial charge is 0.217 e. The number of hydrogen-bond acceptors (Lipinski definition) is 2. The van der Waals surface area contributed by atoms with E-state index in [0.29, 0.717) is 6.54 Å². The van der Waals surface area contributed by atoms with Crippen molar-refractivity contribution in [3.63, 3.8) is 0 Å². The Morgan fingerprint density at radius 3 is 2.20 bits per heavy atom. The molecule has 0 bridgehead atoms. The number of nitrogens with zero attached hydrogens (tertiary/aromatic N) is 1. The smallest absolute Gasteiger partial charge is 0.212 e. The highest BCUT2D eigenvalue weighted by atomic mass is 79.9. The Morgan fingerprint density at radius 1 is 1.13 bits per heavy atom. The van der Waals surface area contributed by atoms with Crippen LogP contribution in [-0.4, -0.2) is 35.9 Å². The lowest BCUT2D eigenvalue weighted by Crippen LogP contribution is -2.41. The van der Waals surface area contributed by atoms with Crippen LogP contribution in [0.15, 0.2) is 0 Å². The zero-order valence-electron chi connectivity index (χ0n) is 8.86. The van der Waals surface area contributed by atoms with Gasteiger partial charge in [-0.3, -0.25) is 0 Å². The molecular weight excluding hydrogens is 278 g/mol. The number of rotatable bonds is 5. The normalized spacial score (nSPS) is 23.9.